The van der Waals surface area contributed by atoms with Crippen LogP contribution in [0.2, 0.25) is 0 Å². The highest BCUT2D eigenvalue weighted by molar-refractivity contribution is 5.92. The normalized spacial score (nSPS) is 9.82. The van der Waals surface area contributed by atoms with Crippen molar-refractivity contribution in [1.82, 2.24) is 15.0 Å². The van der Waals surface area contributed by atoms with E-state index in [-0.39, 0.29) is 22.8 Å². The molecule has 1 aromatic heterocycles. The second kappa shape index (κ2) is 3.94. The van der Waals surface area contributed by atoms with Gasteiger partial charge in [0, 0.05) is 0 Å². The summed E-state index contributed by atoms with van der Waals surface area (Å²) in [5.41, 5.74) is 5.91. The smallest absolute Gasteiger partial charge is 0.337 e. The third-order valence-electron chi connectivity index (χ3n) is 2.17. The van der Waals surface area contributed by atoms with Crippen molar-refractivity contribution in [2.24, 2.45) is 0 Å². The molecule has 2 aromatic rings. The summed E-state index contributed by atoms with van der Waals surface area (Å²) in [5, 5.41) is 24.9. The molecule has 0 saturated heterocycles. The highest BCUT2D eigenvalue weighted by atomic mass is 16.4. The molecule has 0 aliphatic heterocycles. The second-order valence-electron chi connectivity index (χ2n) is 3.17. The Morgan fingerprint density at radius 2 is 2.18 bits per heavy atom. The lowest BCUT2D eigenvalue weighted by molar-refractivity contribution is 0.0697. The molecule has 3 N–H and O–H groups in total. The molecule has 0 aliphatic carbocycles. The van der Waals surface area contributed by atoms with E-state index in [0.29, 0.717) is 0 Å². The standard InChI is InChI=1S/C10H7N5O2/c11-5-7-9(12)15(14-13-7)8-4-2-1-3-6(8)10(16)17/h1-4H,12H2,(H,16,17). The van der Waals surface area contributed by atoms with Crippen LogP contribution in [0.25, 0.3) is 5.69 Å². The number of aromatic carboxylic acids is 1. The first-order chi connectivity index (χ1) is 8.15. The van der Waals surface area contributed by atoms with Gasteiger partial charge < -0.3 is 10.8 Å². The van der Waals surface area contributed by atoms with Crippen molar-refractivity contribution in [3.05, 3.63) is 35.5 Å². The molecule has 2 rings (SSSR count). The van der Waals surface area contributed by atoms with Gasteiger partial charge in [-0.15, -0.1) is 5.10 Å². The minimum Gasteiger partial charge on any atom is -0.478 e. The van der Waals surface area contributed by atoms with Crippen molar-refractivity contribution < 1.29 is 9.90 Å². The number of hydrogen-bond donors (Lipinski definition) is 2. The van der Waals surface area contributed by atoms with Gasteiger partial charge in [-0.3, -0.25) is 0 Å². The highest BCUT2D eigenvalue weighted by Gasteiger charge is 2.16. The van der Waals surface area contributed by atoms with Crippen molar-refractivity contribution in [2.45, 2.75) is 0 Å². The minimum absolute atomic E-state index is 0.0150. The fourth-order valence-electron chi connectivity index (χ4n) is 1.39. The predicted molar refractivity (Wildman–Crippen MR) is 57.4 cm³/mol. The third-order valence-corrected chi connectivity index (χ3v) is 2.17. The molecular formula is C10H7N5O2. The van der Waals surface area contributed by atoms with E-state index in [1.807, 2.05) is 0 Å². The molecule has 0 bridgehead atoms. The Labute approximate surface area is 95.7 Å². The van der Waals surface area contributed by atoms with Gasteiger partial charge in [0.2, 0.25) is 5.69 Å². The fourth-order valence-corrected chi connectivity index (χ4v) is 1.39. The number of nitrogens with zero attached hydrogens (tertiary/aromatic N) is 4. The topological polar surface area (TPSA) is 118 Å². The molecule has 17 heavy (non-hydrogen) atoms. The molecule has 0 saturated carbocycles. The summed E-state index contributed by atoms with van der Waals surface area (Å²) < 4.78 is 1.13. The summed E-state index contributed by atoms with van der Waals surface area (Å²) >= 11 is 0. The Bertz CT molecular complexity index is 626. The van der Waals surface area contributed by atoms with Crippen LogP contribution in [0.5, 0.6) is 0 Å². The molecule has 7 heteroatoms. The monoisotopic (exact) mass is 229 g/mol. The van der Waals surface area contributed by atoms with E-state index in [1.165, 1.54) is 12.1 Å². The Balaban J connectivity index is 2.65. The zero-order valence-electron chi connectivity index (χ0n) is 8.53. The van der Waals surface area contributed by atoms with Crippen molar-refractivity contribution in [3.8, 4) is 11.8 Å². The van der Waals surface area contributed by atoms with Gasteiger partial charge in [0.05, 0.1) is 11.3 Å². The van der Waals surface area contributed by atoms with E-state index in [9.17, 15) is 4.79 Å². The molecule has 0 amide bonds. The number of aromatic nitrogens is 3. The van der Waals surface area contributed by atoms with Crippen LogP contribution in [0, 0.1) is 11.3 Å². The number of carbonyl (C=O) groups is 1. The van der Waals surface area contributed by atoms with E-state index in [1.54, 1.807) is 18.2 Å². The Morgan fingerprint density at radius 3 is 2.76 bits per heavy atom. The van der Waals surface area contributed by atoms with E-state index in [0.717, 1.165) is 4.68 Å². The Morgan fingerprint density at radius 1 is 1.47 bits per heavy atom. The summed E-state index contributed by atoms with van der Waals surface area (Å²) in [6.07, 6.45) is 0. The lowest BCUT2D eigenvalue weighted by Crippen LogP contribution is -2.09. The number of para-hydroxylation sites is 1. The van der Waals surface area contributed by atoms with Crippen LogP contribution in [-0.2, 0) is 0 Å². The lowest BCUT2D eigenvalue weighted by Gasteiger charge is -2.05. The fraction of sp³-hybridized carbons (Fsp3) is 0. The number of carboxylic acid groups (broad SMARTS) is 1. The summed E-state index contributed by atoms with van der Waals surface area (Å²) in [6, 6.07) is 7.96. The summed E-state index contributed by atoms with van der Waals surface area (Å²) in [6.45, 7) is 0. The number of benzene rings is 1. The van der Waals surface area contributed by atoms with Crippen LogP contribution < -0.4 is 5.73 Å². The molecule has 0 radical (unpaired) electrons. The maximum atomic E-state index is 11.0. The maximum absolute atomic E-state index is 11.0. The molecule has 0 spiro atoms. The summed E-state index contributed by atoms with van der Waals surface area (Å²) in [7, 11) is 0. The first-order valence-electron chi connectivity index (χ1n) is 4.59. The minimum atomic E-state index is -1.10. The van der Waals surface area contributed by atoms with Gasteiger partial charge in [-0.1, -0.05) is 17.3 Å². The number of nitrogens with two attached hydrogens (primary N) is 1. The van der Waals surface area contributed by atoms with Gasteiger partial charge in [-0.25, -0.2) is 4.79 Å². The number of nitrogen functional groups attached to an aromatic ring is 1. The maximum Gasteiger partial charge on any atom is 0.337 e. The molecule has 0 aliphatic rings. The largest absolute Gasteiger partial charge is 0.478 e. The molecule has 0 unspecified atom stereocenters. The van der Waals surface area contributed by atoms with Crippen LogP contribution in [-0.4, -0.2) is 26.1 Å². The first kappa shape index (κ1) is 10.6. The van der Waals surface area contributed by atoms with E-state index in [4.69, 9.17) is 16.1 Å². The zero-order chi connectivity index (χ0) is 12.4. The van der Waals surface area contributed by atoms with Gasteiger partial charge >= 0.3 is 5.97 Å². The molecule has 1 aromatic carbocycles. The van der Waals surface area contributed by atoms with Crippen molar-refractivity contribution in [1.29, 1.82) is 5.26 Å². The van der Waals surface area contributed by atoms with Gasteiger partial charge in [0.1, 0.15) is 6.07 Å². The van der Waals surface area contributed by atoms with Gasteiger partial charge in [-0.2, -0.15) is 9.94 Å². The average Bonchev–Trinajstić information content (AvgIpc) is 2.70. The van der Waals surface area contributed by atoms with Crippen molar-refractivity contribution in [3.63, 3.8) is 0 Å². The summed E-state index contributed by atoms with van der Waals surface area (Å²) in [4.78, 5) is 11.0. The van der Waals surface area contributed by atoms with E-state index in [2.05, 4.69) is 10.3 Å². The quantitative estimate of drug-likeness (QED) is 0.770. The van der Waals surface area contributed by atoms with Crippen molar-refractivity contribution in [2.75, 3.05) is 5.73 Å². The number of nitriles is 1. The summed E-state index contributed by atoms with van der Waals surface area (Å²) in [5.74, 6) is -1.09. The number of rotatable bonds is 2. The molecule has 0 fully saturated rings. The average molecular weight is 229 g/mol. The van der Waals surface area contributed by atoms with E-state index >= 15 is 0 Å². The van der Waals surface area contributed by atoms with Gasteiger partial charge in [0.25, 0.3) is 0 Å². The van der Waals surface area contributed by atoms with Crippen LogP contribution in [0.4, 0.5) is 5.82 Å². The third kappa shape index (κ3) is 1.68. The van der Waals surface area contributed by atoms with E-state index < -0.39 is 5.97 Å². The van der Waals surface area contributed by atoms with Crippen LogP contribution >= 0.6 is 0 Å². The Hall–Kier alpha value is -2.88. The number of carboxylic acids is 1. The van der Waals surface area contributed by atoms with Gasteiger partial charge in [0.15, 0.2) is 5.82 Å². The highest BCUT2D eigenvalue weighted by Crippen LogP contribution is 2.18. The zero-order valence-corrected chi connectivity index (χ0v) is 8.53. The lowest BCUT2D eigenvalue weighted by atomic mass is 10.2. The van der Waals surface area contributed by atoms with Gasteiger partial charge in [-0.05, 0) is 12.1 Å². The molecular weight excluding hydrogens is 222 g/mol. The number of anilines is 1. The Kier molecular flexibility index (Phi) is 2.46. The molecule has 1 heterocycles. The molecule has 84 valence electrons. The van der Waals surface area contributed by atoms with Crippen molar-refractivity contribution >= 4 is 11.8 Å². The SMILES string of the molecule is N#Cc1nnn(-c2ccccc2C(=O)O)c1N. The molecule has 7 nitrogen and oxygen atoms in total. The van der Waals surface area contributed by atoms with Crippen LogP contribution in [0.15, 0.2) is 24.3 Å². The first-order valence-corrected chi connectivity index (χ1v) is 4.59. The second-order valence-corrected chi connectivity index (χ2v) is 3.17. The number of hydrogen-bond acceptors (Lipinski definition) is 5. The van der Waals surface area contributed by atoms with Crippen LogP contribution in [0.3, 0.4) is 0 Å². The predicted octanol–water partition coefficient (Wildman–Crippen LogP) is 0.419. The van der Waals surface area contributed by atoms with Crippen LogP contribution in [0.1, 0.15) is 16.1 Å². The molecule has 0 atom stereocenters.